The van der Waals surface area contributed by atoms with Gasteiger partial charge in [0.2, 0.25) is 5.95 Å². The average molecular weight is 472 g/mol. The first-order valence-corrected chi connectivity index (χ1v) is 11.8. The van der Waals surface area contributed by atoms with Crippen LogP contribution in [0.4, 0.5) is 16.4 Å². The molecule has 1 fully saturated rings. The molecule has 1 aromatic carbocycles. The van der Waals surface area contributed by atoms with Gasteiger partial charge < -0.3 is 19.9 Å². The SMILES string of the molecule is CC(C)(C)OC(=O)NCCc1ccc(Nc2ncc3nc(-c4ccncc4)n(C4CC4)c3n2)cc1. The average Bonchev–Trinajstić information content (AvgIpc) is 3.59. The fourth-order valence-electron chi connectivity index (χ4n) is 3.84. The molecule has 1 amide bonds. The van der Waals surface area contributed by atoms with E-state index < -0.39 is 11.7 Å². The van der Waals surface area contributed by atoms with Gasteiger partial charge in [-0.15, -0.1) is 0 Å². The molecule has 3 heterocycles. The third-order valence-corrected chi connectivity index (χ3v) is 5.58. The third kappa shape index (κ3) is 5.56. The number of rotatable bonds is 7. The number of hydrogen-bond donors (Lipinski definition) is 2. The molecule has 5 rings (SSSR count). The van der Waals surface area contributed by atoms with Crippen LogP contribution in [-0.2, 0) is 11.2 Å². The van der Waals surface area contributed by atoms with Crippen LogP contribution in [0.25, 0.3) is 22.6 Å². The molecule has 4 aromatic rings. The molecule has 3 aromatic heterocycles. The summed E-state index contributed by atoms with van der Waals surface area (Å²) in [4.78, 5) is 30.0. The Labute approximate surface area is 204 Å². The number of aromatic nitrogens is 5. The molecule has 0 bridgehead atoms. The van der Waals surface area contributed by atoms with Crippen molar-refractivity contribution in [3.05, 3.63) is 60.6 Å². The molecule has 9 nitrogen and oxygen atoms in total. The van der Waals surface area contributed by atoms with Crippen molar-refractivity contribution < 1.29 is 9.53 Å². The maximum Gasteiger partial charge on any atom is 0.407 e. The van der Waals surface area contributed by atoms with Crippen LogP contribution >= 0.6 is 0 Å². The van der Waals surface area contributed by atoms with Crippen molar-refractivity contribution in [1.29, 1.82) is 0 Å². The van der Waals surface area contributed by atoms with E-state index in [1.807, 2.05) is 57.2 Å². The Morgan fingerprint density at radius 2 is 1.83 bits per heavy atom. The number of fused-ring (bicyclic) bond motifs is 1. The molecule has 1 aliphatic rings. The van der Waals surface area contributed by atoms with Gasteiger partial charge in [0.1, 0.15) is 16.9 Å². The maximum absolute atomic E-state index is 11.8. The number of carbonyl (C=O) groups excluding carboxylic acids is 1. The Morgan fingerprint density at radius 3 is 2.51 bits per heavy atom. The van der Waals surface area contributed by atoms with E-state index in [0.29, 0.717) is 25.0 Å². The first-order chi connectivity index (χ1) is 16.9. The molecule has 0 saturated heterocycles. The van der Waals surface area contributed by atoms with E-state index in [4.69, 9.17) is 14.7 Å². The summed E-state index contributed by atoms with van der Waals surface area (Å²) in [5.41, 5.74) is 4.14. The summed E-state index contributed by atoms with van der Waals surface area (Å²) in [5, 5.41) is 6.08. The highest BCUT2D eigenvalue weighted by molar-refractivity contribution is 5.78. The number of nitrogens with zero attached hydrogens (tertiary/aromatic N) is 5. The van der Waals surface area contributed by atoms with Gasteiger partial charge in [-0.25, -0.2) is 14.8 Å². The number of alkyl carbamates (subject to hydrolysis) is 1. The van der Waals surface area contributed by atoms with Crippen LogP contribution in [0.5, 0.6) is 0 Å². The summed E-state index contributed by atoms with van der Waals surface area (Å²) in [6.45, 7) is 6.05. The number of ether oxygens (including phenoxy) is 1. The number of hydrogen-bond acceptors (Lipinski definition) is 7. The Balaban J connectivity index is 1.27. The lowest BCUT2D eigenvalue weighted by Gasteiger charge is -2.19. The molecule has 1 saturated carbocycles. The zero-order valence-electron chi connectivity index (χ0n) is 20.2. The molecular formula is C26H29N7O2. The fraction of sp³-hybridized carbons (Fsp3) is 0.346. The highest BCUT2D eigenvalue weighted by Gasteiger charge is 2.29. The molecule has 9 heteroatoms. The number of amides is 1. The lowest BCUT2D eigenvalue weighted by Crippen LogP contribution is -2.33. The highest BCUT2D eigenvalue weighted by Crippen LogP contribution is 2.40. The minimum atomic E-state index is -0.501. The van der Waals surface area contributed by atoms with Crippen LogP contribution in [0.15, 0.2) is 55.0 Å². The summed E-state index contributed by atoms with van der Waals surface area (Å²) >= 11 is 0. The van der Waals surface area contributed by atoms with Crippen molar-refractivity contribution in [2.45, 2.75) is 51.7 Å². The summed E-state index contributed by atoms with van der Waals surface area (Å²) in [6, 6.07) is 12.4. The van der Waals surface area contributed by atoms with Gasteiger partial charge in [-0.1, -0.05) is 12.1 Å². The topological polar surface area (TPSA) is 107 Å². The van der Waals surface area contributed by atoms with E-state index in [-0.39, 0.29) is 0 Å². The normalized spacial score (nSPS) is 13.6. The number of anilines is 2. The van der Waals surface area contributed by atoms with Crippen LogP contribution in [-0.4, -0.2) is 42.7 Å². The number of nitrogens with one attached hydrogen (secondary N) is 2. The number of benzene rings is 1. The Kier molecular flexibility index (Phi) is 6.07. The molecular weight excluding hydrogens is 442 g/mol. The molecule has 0 atom stereocenters. The third-order valence-electron chi connectivity index (χ3n) is 5.58. The zero-order chi connectivity index (χ0) is 24.4. The lowest BCUT2D eigenvalue weighted by molar-refractivity contribution is 0.0528. The second-order valence-electron chi connectivity index (χ2n) is 9.68. The van der Waals surface area contributed by atoms with E-state index in [2.05, 4.69) is 25.2 Å². The van der Waals surface area contributed by atoms with Gasteiger partial charge in [0.25, 0.3) is 0 Å². The molecule has 0 spiro atoms. The number of imidazole rings is 1. The van der Waals surface area contributed by atoms with Gasteiger partial charge in [-0.2, -0.15) is 4.98 Å². The quantitative estimate of drug-likeness (QED) is 0.389. The highest BCUT2D eigenvalue weighted by atomic mass is 16.6. The van der Waals surface area contributed by atoms with Crippen molar-refractivity contribution in [2.75, 3.05) is 11.9 Å². The maximum atomic E-state index is 11.8. The first kappa shape index (κ1) is 22.8. The Morgan fingerprint density at radius 1 is 1.09 bits per heavy atom. The molecule has 0 radical (unpaired) electrons. The zero-order valence-corrected chi connectivity index (χ0v) is 20.2. The molecule has 1 aliphatic carbocycles. The molecule has 0 unspecified atom stereocenters. The second kappa shape index (κ2) is 9.32. The second-order valence-corrected chi connectivity index (χ2v) is 9.68. The summed E-state index contributed by atoms with van der Waals surface area (Å²) in [6.07, 6.45) is 7.89. The largest absolute Gasteiger partial charge is 0.444 e. The molecule has 0 aliphatic heterocycles. The van der Waals surface area contributed by atoms with Crippen LogP contribution in [0.1, 0.15) is 45.2 Å². The molecule has 2 N–H and O–H groups in total. The van der Waals surface area contributed by atoms with Crippen molar-refractivity contribution in [2.24, 2.45) is 0 Å². The van der Waals surface area contributed by atoms with Crippen LogP contribution in [0.3, 0.4) is 0 Å². The van der Waals surface area contributed by atoms with Gasteiger partial charge in [0.15, 0.2) is 5.65 Å². The standard InChI is InChI=1S/C26H29N7O2/c1-26(2,3)35-25(34)28-15-10-17-4-6-19(7-5-17)30-24-29-16-21-23(32-24)33(20-8-9-20)22(31-21)18-11-13-27-14-12-18/h4-7,11-14,16,20H,8-10,15H2,1-3H3,(H,28,34)(H,29,30,32). The van der Waals surface area contributed by atoms with E-state index >= 15 is 0 Å². The Bertz CT molecular complexity index is 1320. The predicted octanol–water partition coefficient (Wildman–Crippen LogP) is 5.03. The number of carbonyl (C=O) groups is 1. The smallest absolute Gasteiger partial charge is 0.407 e. The molecule has 180 valence electrons. The van der Waals surface area contributed by atoms with E-state index in [0.717, 1.165) is 46.6 Å². The summed E-state index contributed by atoms with van der Waals surface area (Å²) in [7, 11) is 0. The monoisotopic (exact) mass is 471 g/mol. The van der Waals surface area contributed by atoms with E-state index in [1.165, 1.54) is 0 Å². The summed E-state index contributed by atoms with van der Waals surface area (Å²) in [5.74, 6) is 1.43. The first-order valence-electron chi connectivity index (χ1n) is 11.8. The van der Waals surface area contributed by atoms with Gasteiger partial charge in [0, 0.05) is 36.2 Å². The van der Waals surface area contributed by atoms with Crippen molar-refractivity contribution >= 4 is 28.9 Å². The van der Waals surface area contributed by atoms with Crippen molar-refractivity contribution in [1.82, 2.24) is 29.8 Å². The van der Waals surface area contributed by atoms with Crippen molar-refractivity contribution in [3.63, 3.8) is 0 Å². The molecule has 35 heavy (non-hydrogen) atoms. The summed E-state index contributed by atoms with van der Waals surface area (Å²) < 4.78 is 7.48. The van der Waals surface area contributed by atoms with Gasteiger partial charge in [0.05, 0.1) is 6.20 Å². The van der Waals surface area contributed by atoms with Crippen LogP contribution in [0.2, 0.25) is 0 Å². The van der Waals surface area contributed by atoms with E-state index in [1.54, 1.807) is 18.6 Å². The number of pyridine rings is 1. The van der Waals surface area contributed by atoms with Crippen LogP contribution < -0.4 is 10.6 Å². The Hall–Kier alpha value is -4.01. The lowest BCUT2D eigenvalue weighted by atomic mass is 10.1. The fourth-order valence-corrected chi connectivity index (χ4v) is 3.84. The van der Waals surface area contributed by atoms with Crippen LogP contribution in [0, 0.1) is 0 Å². The van der Waals surface area contributed by atoms with E-state index in [9.17, 15) is 4.79 Å². The predicted molar refractivity (Wildman–Crippen MR) is 134 cm³/mol. The minimum Gasteiger partial charge on any atom is -0.444 e. The van der Waals surface area contributed by atoms with Gasteiger partial charge >= 0.3 is 6.09 Å². The van der Waals surface area contributed by atoms with Gasteiger partial charge in [-0.3, -0.25) is 4.98 Å². The van der Waals surface area contributed by atoms with Gasteiger partial charge in [-0.05, 0) is 69.9 Å². The van der Waals surface area contributed by atoms with Crippen molar-refractivity contribution in [3.8, 4) is 11.4 Å². The minimum absolute atomic E-state index is 0.402.